The Morgan fingerprint density at radius 2 is 2.11 bits per heavy atom. The molecule has 0 spiro atoms. The van der Waals surface area contributed by atoms with E-state index in [1.165, 1.54) is 16.0 Å². The summed E-state index contributed by atoms with van der Waals surface area (Å²) in [5.74, 6) is 0. The molecule has 1 atom stereocenters. The van der Waals surface area contributed by atoms with Gasteiger partial charge >= 0.3 is 0 Å². The van der Waals surface area contributed by atoms with Crippen molar-refractivity contribution in [1.82, 2.24) is 4.90 Å². The van der Waals surface area contributed by atoms with E-state index in [1.807, 2.05) is 6.07 Å². The van der Waals surface area contributed by atoms with E-state index >= 15 is 0 Å². The van der Waals surface area contributed by atoms with Crippen LogP contribution in [0.15, 0.2) is 35.7 Å². The number of hydrogen-bond donors (Lipinski definition) is 1. The third kappa shape index (κ3) is 2.92. The van der Waals surface area contributed by atoms with Crippen LogP contribution in [0, 0.1) is 6.92 Å². The lowest BCUT2D eigenvalue weighted by Crippen LogP contribution is -2.21. The number of rotatable bonds is 4. The molecule has 1 aromatic heterocycles. The van der Waals surface area contributed by atoms with Gasteiger partial charge in [-0.3, -0.25) is 4.90 Å². The molecule has 0 aliphatic carbocycles. The molecule has 1 aromatic carbocycles. The SMILES string of the molecule is Cc1ccc(N)c(CN(C)C(C)c2cccs2)c1. The molecule has 2 nitrogen and oxygen atoms in total. The van der Waals surface area contributed by atoms with Gasteiger partial charge < -0.3 is 5.73 Å². The normalized spacial score (nSPS) is 12.9. The van der Waals surface area contributed by atoms with Gasteiger partial charge in [-0.1, -0.05) is 23.8 Å². The van der Waals surface area contributed by atoms with Crippen LogP contribution in [0.3, 0.4) is 0 Å². The molecule has 0 aliphatic heterocycles. The minimum absolute atomic E-state index is 0.421. The Morgan fingerprint density at radius 1 is 1.33 bits per heavy atom. The predicted molar refractivity (Wildman–Crippen MR) is 79.8 cm³/mol. The van der Waals surface area contributed by atoms with E-state index in [9.17, 15) is 0 Å². The molecule has 0 amide bonds. The Kier molecular flexibility index (Phi) is 4.04. The maximum Gasteiger partial charge on any atom is 0.0413 e. The molecule has 96 valence electrons. The quantitative estimate of drug-likeness (QED) is 0.846. The lowest BCUT2D eigenvalue weighted by Gasteiger charge is -2.24. The number of hydrogen-bond acceptors (Lipinski definition) is 3. The highest BCUT2D eigenvalue weighted by molar-refractivity contribution is 7.10. The predicted octanol–water partition coefficient (Wildman–Crippen LogP) is 3.83. The molecule has 0 bridgehead atoms. The van der Waals surface area contributed by atoms with E-state index in [2.05, 4.69) is 55.4 Å². The number of nitrogens with zero attached hydrogens (tertiary/aromatic N) is 1. The molecule has 3 heteroatoms. The second-order valence-corrected chi connectivity index (χ2v) is 5.79. The first-order chi connectivity index (χ1) is 8.58. The Bertz CT molecular complexity index is 505. The van der Waals surface area contributed by atoms with Crippen molar-refractivity contribution in [3.05, 3.63) is 51.7 Å². The van der Waals surface area contributed by atoms with Crippen molar-refractivity contribution in [1.29, 1.82) is 0 Å². The molecule has 0 saturated heterocycles. The Balaban J connectivity index is 2.11. The van der Waals surface area contributed by atoms with Crippen molar-refractivity contribution in [2.24, 2.45) is 0 Å². The lowest BCUT2D eigenvalue weighted by atomic mass is 10.1. The van der Waals surface area contributed by atoms with Crippen LogP contribution in [-0.2, 0) is 6.54 Å². The highest BCUT2D eigenvalue weighted by Gasteiger charge is 2.13. The fraction of sp³-hybridized carbons (Fsp3) is 0.333. The standard InChI is InChI=1S/C15H20N2S/c1-11-6-7-14(16)13(9-11)10-17(3)12(2)15-5-4-8-18-15/h4-9,12H,10,16H2,1-3H3. The zero-order valence-corrected chi connectivity index (χ0v) is 12.0. The van der Waals surface area contributed by atoms with Crippen LogP contribution in [0.4, 0.5) is 5.69 Å². The molecular formula is C15H20N2S. The number of benzene rings is 1. The first-order valence-corrected chi connectivity index (χ1v) is 7.04. The molecule has 0 fully saturated rings. The lowest BCUT2D eigenvalue weighted by molar-refractivity contribution is 0.257. The van der Waals surface area contributed by atoms with Crippen molar-refractivity contribution < 1.29 is 0 Å². The van der Waals surface area contributed by atoms with Crippen molar-refractivity contribution in [3.63, 3.8) is 0 Å². The van der Waals surface area contributed by atoms with Gasteiger partial charge in [0.1, 0.15) is 0 Å². The van der Waals surface area contributed by atoms with E-state index in [1.54, 1.807) is 11.3 Å². The summed E-state index contributed by atoms with van der Waals surface area (Å²) in [6.07, 6.45) is 0. The molecule has 2 rings (SSSR count). The smallest absolute Gasteiger partial charge is 0.0413 e. The van der Waals surface area contributed by atoms with Gasteiger partial charge in [0, 0.05) is 23.2 Å². The molecular weight excluding hydrogens is 240 g/mol. The third-order valence-electron chi connectivity index (χ3n) is 3.33. The van der Waals surface area contributed by atoms with Gasteiger partial charge in [0.25, 0.3) is 0 Å². The van der Waals surface area contributed by atoms with Crippen LogP contribution in [0.5, 0.6) is 0 Å². The van der Waals surface area contributed by atoms with Crippen LogP contribution in [-0.4, -0.2) is 11.9 Å². The fourth-order valence-corrected chi connectivity index (χ4v) is 2.87. The summed E-state index contributed by atoms with van der Waals surface area (Å²) in [5.41, 5.74) is 9.38. The molecule has 2 N–H and O–H groups in total. The van der Waals surface area contributed by atoms with Crippen molar-refractivity contribution >= 4 is 17.0 Å². The van der Waals surface area contributed by atoms with Crippen molar-refractivity contribution in [2.75, 3.05) is 12.8 Å². The average Bonchev–Trinajstić information content (AvgIpc) is 2.86. The van der Waals surface area contributed by atoms with Crippen LogP contribution < -0.4 is 5.73 Å². The summed E-state index contributed by atoms with van der Waals surface area (Å²) >= 11 is 1.80. The number of nitrogen functional groups attached to an aromatic ring is 1. The second-order valence-electron chi connectivity index (χ2n) is 4.81. The highest BCUT2D eigenvalue weighted by atomic mass is 32.1. The van der Waals surface area contributed by atoms with Crippen LogP contribution in [0.1, 0.15) is 29.0 Å². The van der Waals surface area contributed by atoms with Crippen molar-refractivity contribution in [2.45, 2.75) is 26.4 Å². The molecule has 0 radical (unpaired) electrons. The monoisotopic (exact) mass is 260 g/mol. The number of aryl methyl sites for hydroxylation is 1. The molecule has 18 heavy (non-hydrogen) atoms. The van der Waals surface area contributed by atoms with Gasteiger partial charge in [-0.25, -0.2) is 0 Å². The average molecular weight is 260 g/mol. The summed E-state index contributed by atoms with van der Waals surface area (Å²) < 4.78 is 0. The topological polar surface area (TPSA) is 29.3 Å². The number of anilines is 1. The van der Waals surface area contributed by atoms with Gasteiger partial charge in [-0.2, -0.15) is 0 Å². The maximum atomic E-state index is 6.03. The minimum Gasteiger partial charge on any atom is -0.398 e. The van der Waals surface area contributed by atoms with Gasteiger partial charge in [0.05, 0.1) is 0 Å². The zero-order chi connectivity index (χ0) is 13.1. The molecule has 1 unspecified atom stereocenters. The Morgan fingerprint density at radius 3 is 2.78 bits per heavy atom. The van der Waals surface area contributed by atoms with Crippen LogP contribution in [0.2, 0.25) is 0 Å². The summed E-state index contributed by atoms with van der Waals surface area (Å²) in [6.45, 7) is 5.22. The molecule has 0 aliphatic rings. The summed E-state index contributed by atoms with van der Waals surface area (Å²) in [7, 11) is 2.14. The molecule has 2 aromatic rings. The van der Waals surface area contributed by atoms with E-state index in [0.717, 1.165) is 12.2 Å². The van der Waals surface area contributed by atoms with Crippen LogP contribution >= 0.6 is 11.3 Å². The van der Waals surface area contributed by atoms with Gasteiger partial charge in [-0.05, 0) is 44.0 Å². The summed E-state index contributed by atoms with van der Waals surface area (Å²) in [6, 6.07) is 10.9. The molecule has 0 saturated carbocycles. The van der Waals surface area contributed by atoms with E-state index in [4.69, 9.17) is 5.73 Å². The first kappa shape index (κ1) is 13.1. The minimum atomic E-state index is 0.421. The maximum absolute atomic E-state index is 6.03. The zero-order valence-electron chi connectivity index (χ0n) is 11.2. The van der Waals surface area contributed by atoms with E-state index in [-0.39, 0.29) is 0 Å². The summed E-state index contributed by atoms with van der Waals surface area (Å²) in [4.78, 5) is 3.72. The fourth-order valence-electron chi connectivity index (χ4n) is 2.02. The first-order valence-electron chi connectivity index (χ1n) is 6.16. The van der Waals surface area contributed by atoms with E-state index < -0.39 is 0 Å². The molecule has 1 heterocycles. The summed E-state index contributed by atoms with van der Waals surface area (Å²) in [5, 5.41) is 2.13. The highest BCUT2D eigenvalue weighted by Crippen LogP contribution is 2.26. The third-order valence-corrected chi connectivity index (χ3v) is 4.38. The van der Waals surface area contributed by atoms with Gasteiger partial charge in [-0.15, -0.1) is 11.3 Å². The van der Waals surface area contributed by atoms with Gasteiger partial charge in [0.2, 0.25) is 0 Å². The number of nitrogens with two attached hydrogens (primary N) is 1. The van der Waals surface area contributed by atoms with Crippen LogP contribution in [0.25, 0.3) is 0 Å². The Hall–Kier alpha value is -1.32. The van der Waals surface area contributed by atoms with E-state index in [0.29, 0.717) is 6.04 Å². The number of thiophene rings is 1. The Labute approximate surface area is 113 Å². The van der Waals surface area contributed by atoms with Gasteiger partial charge in [0.15, 0.2) is 0 Å². The van der Waals surface area contributed by atoms with Crippen molar-refractivity contribution in [3.8, 4) is 0 Å². The second kappa shape index (κ2) is 5.55. The largest absolute Gasteiger partial charge is 0.398 e.